The molecule has 0 aliphatic carbocycles. The van der Waals surface area contributed by atoms with Crippen molar-refractivity contribution in [3.63, 3.8) is 0 Å². The van der Waals surface area contributed by atoms with Gasteiger partial charge in [-0.05, 0) is 18.6 Å². The fourth-order valence-electron chi connectivity index (χ4n) is 2.55. The maximum absolute atomic E-state index is 12.4. The summed E-state index contributed by atoms with van der Waals surface area (Å²) in [7, 11) is 0. The Hall–Kier alpha value is -2.40. The van der Waals surface area contributed by atoms with Gasteiger partial charge in [0.2, 0.25) is 11.8 Å². The lowest BCUT2D eigenvalue weighted by Crippen LogP contribution is -2.52. The van der Waals surface area contributed by atoms with Gasteiger partial charge in [-0.25, -0.2) is 0 Å². The first kappa shape index (κ1) is 16.5. The van der Waals surface area contributed by atoms with Crippen LogP contribution in [0.15, 0.2) is 48.3 Å². The lowest BCUT2D eigenvalue weighted by molar-refractivity contribution is -0.133. The Labute approximate surface area is 145 Å². The number of amides is 1. The summed E-state index contributed by atoms with van der Waals surface area (Å²) in [5.74, 6) is 0.782. The Balaban J connectivity index is 1.47. The van der Waals surface area contributed by atoms with Gasteiger partial charge in [-0.15, -0.1) is 0 Å². The van der Waals surface area contributed by atoms with Gasteiger partial charge in [0.05, 0.1) is 19.0 Å². The number of ether oxygens (including phenoxy) is 1. The maximum Gasteiger partial charge on any atom is 0.249 e. The van der Waals surface area contributed by atoms with Crippen LogP contribution in [0, 0.1) is 5.92 Å². The van der Waals surface area contributed by atoms with Crippen LogP contribution >= 0.6 is 11.6 Å². The molecule has 1 aliphatic heterocycles. The number of hydrogen-bond donors (Lipinski definition) is 0. The lowest BCUT2D eigenvalue weighted by Gasteiger charge is -2.39. The van der Waals surface area contributed by atoms with Crippen molar-refractivity contribution in [2.75, 3.05) is 19.7 Å². The van der Waals surface area contributed by atoms with Crippen molar-refractivity contribution in [2.45, 2.75) is 6.92 Å². The highest BCUT2D eigenvalue weighted by atomic mass is 35.5. The summed E-state index contributed by atoms with van der Waals surface area (Å²) in [5.41, 5.74) is 1.77. The molecule has 0 N–H and O–H groups in total. The minimum absolute atomic E-state index is 0.0673. The molecule has 0 spiro atoms. The molecule has 1 fully saturated rings. The van der Waals surface area contributed by atoms with E-state index in [2.05, 4.69) is 9.97 Å². The normalized spacial score (nSPS) is 15.1. The molecule has 1 saturated heterocycles. The Morgan fingerprint density at radius 3 is 2.79 bits per heavy atom. The summed E-state index contributed by atoms with van der Waals surface area (Å²) in [4.78, 5) is 22.1. The Bertz CT molecular complexity index is 743. The largest absolute Gasteiger partial charge is 0.476 e. The van der Waals surface area contributed by atoms with E-state index in [4.69, 9.17) is 16.3 Å². The average molecular weight is 344 g/mol. The average Bonchev–Trinajstić information content (AvgIpc) is 2.54. The van der Waals surface area contributed by atoms with Crippen LogP contribution in [0.4, 0.5) is 0 Å². The van der Waals surface area contributed by atoms with Crippen molar-refractivity contribution >= 4 is 23.6 Å². The van der Waals surface area contributed by atoms with E-state index in [1.807, 2.05) is 48.2 Å². The van der Waals surface area contributed by atoms with E-state index in [0.717, 1.165) is 11.1 Å². The van der Waals surface area contributed by atoms with E-state index in [9.17, 15) is 4.79 Å². The number of halogens is 1. The molecule has 2 heterocycles. The van der Waals surface area contributed by atoms with Crippen LogP contribution in [0.1, 0.15) is 12.5 Å². The standard InChI is InChI=1S/C18H18ClN3O2/c1-13(7-14-5-3-2-4-6-14)18(23)22-10-15(11-22)12-24-17-9-20-8-16(19)21-17/h2-9,15H,10-12H2,1H3/b13-7+. The Morgan fingerprint density at radius 1 is 1.33 bits per heavy atom. The summed E-state index contributed by atoms with van der Waals surface area (Å²) in [6, 6.07) is 9.84. The van der Waals surface area contributed by atoms with Gasteiger partial charge >= 0.3 is 0 Å². The quantitative estimate of drug-likeness (QED) is 0.783. The topological polar surface area (TPSA) is 55.3 Å². The number of carbonyl (C=O) groups is 1. The monoisotopic (exact) mass is 343 g/mol. The van der Waals surface area contributed by atoms with E-state index in [1.165, 1.54) is 12.4 Å². The van der Waals surface area contributed by atoms with Gasteiger partial charge in [-0.1, -0.05) is 41.9 Å². The van der Waals surface area contributed by atoms with E-state index < -0.39 is 0 Å². The molecule has 0 bridgehead atoms. The number of nitrogens with zero attached hydrogens (tertiary/aromatic N) is 3. The molecule has 3 rings (SSSR count). The van der Waals surface area contributed by atoms with E-state index in [0.29, 0.717) is 36.6 Å². The number of likely N-dealkylation sites (tertiary alicyclic amines) is 1. The second kappa shape index (κ2) is 7.45. The first-order valence-electron chi connectivity index (χ1n) is 7.75. The van der Waals surface area contributed by atoms with Gasteiger partial charge in [0, 0.05) is 24.6 Å². The molecule has 0 radical (unpaired) electrons. The van der Waals surface area contributed by atoms with Crippen LogP contribution in [0.3, 0.4) is 0 Å². The second-order valence-electron chi connectivity index (χ2n) is 5.81. The molecule has 0 atom stereocenters. The molecule has 1 aromatic heterocycles. The molecule has 0 saturated carbocycles. The highest BCUT2D eigenvalue weighted by molar-refractivity contribution is 6.29. The van der Waals surface area contributed by atoms with Crippen molar-refractivity contribution in [1.29, 1.82) is 0 Å². The van der Waals surface area contributed by atoms with Crippen molar-refractivity contribution in [3.8, 4) is 5.88 Å². The van der Waals surface area contributed by atoms with Crippen molar-refractivity contribution in [2.24, 2.45) is 5.92 Å². The molecule has 1 amide bonds. The molecule has 24 heavy (non-hydrogen) atoms. The van der Waals surface area contributed by atoms with Crippen LogP contribution in [0.25, 0.3) is 6.08 Å². The summed E-state index contributed by atoms with van der Waals surface area (Å²) >= 11 is 5.76. The van der Waals surface area contributed by atoms with Gasteiger partial charge < -0.3 is 9.64 Å². The molecule has 124 valence electrons. The molecule has 0 unspecified atom stereocenters. The van der Waals surface area contributed by atoms with E-state index in [1.54, 1.807) is 0 Å². The summed E-state index contributed by atoms with van der Waals surface area (Å²) in [6.07, 6.45) is 4.90. The predicted molar refractivity (Wildman–Crippen MR) is 92.7 cm³/mol. The minimum Gasteiger partial charge on any atom is -0.476 e. The molecule has 6 heteroatoms. The Kier molecular flexibility index (Phi) is 5.11. The van der Waals surface area contributed by atoms with Crippen LogP contribution in [0.5, 0.6) is 5.88 Å². The number of hydrogen-bond acceptors (Lipinski definition) is 4. The third kappa shape index (κ3) is 4.11. The maximum atomic E-state index is 12.4. The van der Waals surface area contributed by atoms with E-state index >= 15 is 0 Å². The zero-order valence-corrected chi connectivity index (χ0v) is 14.1. The summed E-state index contributed by atoms with van der Waals surface area (Å²) in [5, 5.41) is 0.305. The number of rotatable bonds is 5. The fraction of sp³-hybridized carbons (Fsp3) is 0.278. The highest BCUT2D eigenvalue weighted by Crippen LogP contribution is 2.20. The third-order valence-electron chi connectivity index (χ3n) is 3.81. The summed E-state index contributed by atoms with van der Waals surface area (Å²) in [6.45, 7) is 3.72. The predicted octanol–water partition coefficient (Wildman–Crippen LogP) is 3.07. The van der Waals surface area contributed by atoms with Crippen molar-refractivity contribution < 1.29 is 9.53 Å². The number of aromatic nitrogens is 2. The van der Waals surface area contributed by atoms with Crippen LogP contribution < -0.4 is 4.74 Å². The van der Waals surface area contributed by atoms with Gasteiger partial charge in [0.25, 0.3) is 0 Å². The van der Waals surface area contributed by atoms with Gasteiger partial charge in [0.15, 0.2) is 5.15 Å². The molecule has 1 aliphatic rings. The molecule has 2 aromatic rings. The van der Waals surface area contributed by atoms with Crippen LogP contribution in [-0.2, 0) is 4.79 Å². The van der Waals surface area contributed by atoms with Crippen LogP contribution in [-0.4, -0.2) is 40.5 Å². The van der Waals surface area contributed by atoms with Crippen molar-refractivity contribution in [1.82, 2.24) is 14.9 Å². The zero-order valence-electron chi connectivity index (χ0n) is 13.4. The molecule has 1 aromatic carbocycles. The van der Waals surface area contributed by atoms with Gasteiger partial charge in [0.1, 0.15) is 0 Å². The highest BCUT2D eigenvalue weighted by Gasteiger charge is 2.31. The number of carbonyl (C=O) groups excluding carboxylic acids is 1. The number of benzene rings is 1. The molecular formula is C18H18ClN3O2. The molecular weight excluding hydrogens is 326 g/mol. The first-order chi connectivity index (χ1) is 11.6. The fourth-order valence-corrected chi connectivity index (χ4v) is 2.69. The zero-order chi connectivity index (χ0) is 16.9. The lowest BCUT2D eigenvalue weighted by atomic mass is 9.99. The molecule has 5 nitrogen and oxygen atoms in total. The van der Waals surface area contributed by atoms with Gasteiger partial charge in [-0.3, -0.25) is 9.78 Å². The minimum atomic E-state index is 0.0673. The van der Waals surface area contributed by atoms with E-state index in [-0.39, 0.29) is 5.91 Å². The van der Waals surface area contributed by atoms with Crippen LogP contribution in [0.2, 0.25) is 5.15 Å². The SMILES string of the molecule is C/C(=C\c1ccccc1)C(=O)N1CC(COc2cncc(Cl)n2)C1. The first-order valence-corrected chi connectivity index (χ1v) is 8.12. The second-order valence-corrected chi connectivity index (χ2v) is 6.19. The third-order valence-corrected chi connectivity index (χ3v) is 4.00. The Morgan fingerprint density at radius 2 is 2.08 bits per heavy atom. The van der Waals surface area contributed by atoms with Gasteiger partial charge in [-0.2, -0.15) is 4.98 Å². The van der Waals surface area contributed by atoms with Crippen molar-refractivity contribution in [3.05, 3.63) is 59.0 Å². The smallest absolute Gasteiger partial charge is 0.249 e. The summed E-state index contributed by atoms with van der Waals surface area (Å²) < 4.78 is 5.56.